The number of nitrogens with zero attached hydrogens (tertiary/aromatic N) is 1. The largest absolute Gasteiger partial charge is 0.467 e. The lowest BCUT2D eigenvalue weighted by Crippen LogP contribution is -2.60. The summed E-state index contributed by atoms with van der Waals surface area (Å²) in [6.45, 7) is 2.34. The minimum absolute atomic E-state index is 0.0908. The van der Waals surface area contributed by atoms with Gasteiger partial charge in [0, 0.05) is 17.6 Å². The average Bonchev–Trinajstić information content (AvgIpc) is 2.89. The zero-order valence-corrected chi connectivity index (χ0v) is 21.9. The topological polar surface area (TPSA) is 76.1 Å². The lowest BCUT2D eigenvalue weighted by Gasteiger charge is -2.38. The van der Waals surface area contributed by atoms with Gasteiger partial charge in [0.2, 0.25) is 5.60 Å². The van der Waals surface area contributed by atoms with E-state index in [1.54, 1.807) is 17.9 Å². The maximum Gasteiger partial charge on any atom is 0.344 e. The number of rotatable bonds is 11. The summed E-state index contributed by atoms with van der Waals surface area (Å²) in [6.07, 6.45) is 2.91. The second kappa shape index (κ2) is 13.2. The molecule has 0 spiro atoms. The van der Waals surface area contributed by atoms with Crippen LogP contribution in [-0.4, -0.2) is 47.3 Å². The summed E-state index contributed by atoms with van der Waals surface area (Å²) in [7, 11) is 1.18. The molecule has 188 valence electrons. The molecule has 0 aliphatic heterocycles. The van der Waals surface area contributed by atoms with Crippen LogP contribution in [-0.2, 0) is 32.2 Å². The molecule has 7 heteroatoms. The summed E-state index contributed by atoms with van der Waals surface area (Å²) in [5.41, 5.74) is 0.233. The number of hydrogen-bond donors (Lipinski definition) is 1. The number of ether oxygens (including phenoxy) is 2. The molecule has 3 aromatic rings. The van der Waals surface area contributed by atoms with E-state index in [-0.39, 0.29) is 19.7 Å². The number of carbonyl (C=O) groups excluding carboxylic acids is 2. The molecule has 3 rings (SSSR count). The summed E-state index contributed by atoms with van der Waals surface area (Å²) in [6, 6.07) is 25.1. The third-order valence-electron chi connectivity index (χ3n) is 5.66. The number of hydrogen-bond acceptors (Lipinski definition) is 6. The average molecular weight is 552 g/mol. The molecule has 0 aliphatic rings. The Hall–Kier alpha value is -3.26. The molecule has 3 aromatic carbocycles. The number of aliphatic hydroxyl groups is 1. The number of halogens is 1. The van der Waals surface area contributed by atoms with E-state index in [2.05, 4.69) is 15.9 Å². The molecule has 0 aliphatic carbocycles. The van der Waals surface area contributed by atoms with Gasteiger partial charge in [-0.05, 0) is 41.8 Å². The van der Waals surface area contributed by atoms with Crippen molar-refractivity contribution in [2.75, 3.05) is 13.7 Å². The van der Waals surface area contributed by atoms with Crippen LogP contribution < -0.4 is 0 Å². The van der Waals surface area contributed by atoms with E-state index < -0.39 is 23.6 Å². The van der Waals surface area contributed by atoms with Crippen molar-refractivity contribution in [1.82, 2.24) is 4.90 Å². The Bertz CT molecular complexity index is 1110. The van der Waals surface area contributed by atoms with Crippen molar-refractivity contribution in [3.05, 3.63) is 112 Å². The lowest BCUT2D eigenvalue weighted by atomic mass is 9.90. The summed E-state index contributed by atoms with van der Waals surface area (Å²) in [5.74, 6) is -1.68. The van der Waals surface area contributed by atoms with Gasteiger partial charge in [0.25, 0.3) is 0 Å². The molecule has 1 N–H and O–H groups in total. The molecule has 0 amide bonds. The third kappa shape index (κ3) is 7.13. The van der Waals surface area contributed by atoms with Crippen molar-refractivity contribution < 1.29 is 24.2 Å². The molecule has 0 aromatic heterocycles. The van der Waals surface area contributed by atoms with E-state index in [0.717, 1.165) is 21.2 Å². The van der Waals surface area contributed by atoms with Crippen LogP contribution in [0.15, 0.2) is 95.5 Å². The number of esters is 2. The molecular formula is C29H30BrNO5. The van der Waals surface area contributed by atoms with Gasteiger partial charge in [-0.15, -0.1) is 0 Å². The second-order valence-electron chi connectivity index (χ2n) is 8.23. The van der Waals surface area contributed by atoms with Crippen LogP contribution >= 0.6 is 15.9 Å². The van der Waals surface area contributed by atoms with Gasteiger partial charge in [-0.2, -0.15) is 0 Å². The predicted octanol–water partition coefficient (Wildman–Crippen LogP) is 5.00. The highest BCUT2D eigenvalue weighted by Crippen LogP contribution is 2.27. The van der Waals surface area contributed by atoms with Gasteiger partial charge in [0.1, 0.15) is 0 Å². The highest BCUT2D eigenvalue weighted by atomic mass is 79.9. The van der Waals surface area contributed by atoms with Gasteiger partial charge in [-0.25, -0.2) is 4.79 Å². The van der Waals surface area contributed by atoms with E-state index in [1.807, 2.05) is 84.9 Å². The monoisotopic (exact) mass is 551 g/mol. The maximum atomic E-state index is 13.4. The van der Waals surface area contributed by atoms with Gasteiger partial charge in [0.05, 0.1) is 13.7 Å². The fourth-order valence-corrected chi connectivity index (χ4v) is 4.20. The Morgan fingerprint density at radius 2 is 1.47 bits per heavy atom. The van der Waals surface area contributed by atoms with Gasteiger partial charge in [-0.3, -0.25) is 9.69 Å². The summed E-state index contributed by atoms with van der Waals surface area (Å²) in [5, 5.41) is 11.9. The van der Waals surface area contributed by atoms with Crippen LogP contribution in [0, 0.1) is 0 Å². The van der Waals surface area contributed by atoms with Crippen molar-refractivity contribution in [3.63, 3.8) is 0 Å². The third-order valence-corrected chi connectivity index (χ3v) is 6.19. The zero-order valence-electron chi connectivity index (χ0n) is 20.3. The van der Waals surface area contributed by atoms with E-state index in [0.29, 0.717) is 0 Å². The number of carbonyl (C=O) groups is 2. The minimum atomic E-state index is -2.32. The predicted molar refractivity (Wildman–Crippen MR) is 143 cm³/mol. The fourth-order valence-electron chi connectivity index (χ4n) is 3.93. The first-order chi connectivity index (χ1) is 17.4. The highest BCUT2D eigenvalue weighted by molar-refractivity contribution is 9.10. The van der Waals surface area contributed by atoms with Crippen molar-refractivity contribution in [1.29, 1.82) is 0 Å². The van der Waals surface area contributed by atoms with E-state index in [4.69, 9.17) is 9.47 Å². The van der Waals surface area contributed by atoms with Gasteiger partial charge >= 0.3 is 11.9 Å². The van der Waals surface area contributed by atoms with E-state index >= 15 is 0 Å². The van der Waals surface area contributed by atoms with E-state index in [1.165, 1.54) is 13.2 Å². The molecule has 0 saturated carbocycles. The number of methoxy groups -OCH3 is 1. The normalized spacial score (nSPS) is 13.8. The van der Waals surface area contributed by atoms with Crippen molar-refractivity contribution in [3.8, 4) is 0 Å². The zero-order chi connectivity index (χ0) is 26.0. The quantitative estimate of drug-likeness (QED) is 0.338. The Morgan fingerprint density at radius 1 is 0.944 bits per heavy atom. The maximum absolute atomic E-state index is 13.4. The standard InChI is InChI=1S/C29H30BrNO5/c1-3-36-27(32)26(29(34,28(33)35-2)19-18-22-14-16-25(30)17-15-22)31(20-23-10-6-4-7-11-23)21-24-12-8-5-9-13-24/h4-19,26,34H,3,20-21H2,1-2H3/b19-18+/t26-,29+/m1/s1. The fraction of sp³-hybridized carbons (Fsp3) is 0.241. The Kier molecular flexibility index (Phi) is 9.99. The minimum Gasteiger partial charge on any atom is -0.467 e. The van der Waals surface area contributed by atoms with Gasteiger partial charge in [-0.1, -0.05) is 94.8 Å². The summed E-state index contributed by atoms with van der Waals surface area (Å²) in [4.78, 5) is 28.3. The molecule has 0 saturated heterocycles. The van der Waals surface area contributed by atoms with E-state index in [9.17, 15) is 14.7 Å². The molecule has 0 bridgehead atoms. The molecule has 0 fully saturated rings. The summed E-state index contributed by atoms with van der Waals surface area (Å²) < 4.78 is 11.3. The number of benzene rings is 3. The summed E-state index contributed by atoms with van der Waals surface area (Å²) >= 11 is 3.40. The van der Waals surface area contributed by atoms with Crippen molar-refractivity contribution in [2.45, 2.75) is 31.7 Å². The smallest absolute Gasteiger partial charge is 0.344 e. The van der Waals surface area contributed by atoms with Crippen LogP contribution in [0.25, 0.3) is 6.08 Å². The highest BCUT2D eigenvalue weighted by Gasteiger charge is 2.51. The van der Waals surface area contributed by atoms with Gasteiger partial charge < -0.3 is 14.6 Å². The molecule has 0 radical (unpaired) electrons. The Labute approximate surface area is 220 Å². The Morgan fingerprint density at radius 3 is 1.94 bits per heavy atom. The van der Waals surface area contributed by atoms with Crippen LogP contribution in [0.4, 0.5) is 0 Å². The Balaban J connectivity index is 2.11. The first kappa shape index (κ1) is 27.3. The second-order valence-corrected chi connectivity index (χ2v) is 9.15. The SMILES string of the molecule is CCOC(=O)[C@@H](N(Cc1ccccc1)Cc1ccccc1)[C@@](O)(/C=C/c1ccc(Br)cc1)C(=O)OC. The lowest BCUT2D eigenvalue weighted by molar-refractivity contribution is -0.176. The van der Waals surface area contributed by atoms with Crippen LogP contribution in [0.2, 0.25) is 0 Å². The molecule has 0 heterocycles. The van der Waals surface area contributed by atoms with Crippen LogP contribution in [0.1, 0.15) is 23.6 Å². The van der Waals surface area contributed by atoms with Gasteiger partial charge in [0.15, 0.2) is 6.04 Å². The first-order valence-electron chi connectivity index (χ1n) is 11.6. The molecule has 6 nitrogen and oxygen atoms in total. The molecular weight excluding hydrogens is 522 g/mol. The molecule has 36 heavy (non-hydrogen) atoms. The van der Waals surface area contributed by atoms with Crippen molar-refractivity contribution in [2.24, 2.45) is 0 Å². The molecule has 0 unspecified atom stereocenters. The van der Waals surface area contributed by atoms with Crippen LogP contribution in [0.5, 0.6) is 0 Å². The molecule has 2 atom stereocenters. The van der Waals surface area contributed by atoms with Crippen molar-refractivity contribution >= 4 is 33.9 Å². The van der Waals surface area contributed by atoms with Crippen LogP contribution in [0.3, 0.4) is 0 Å². The first-order valence-corrected chi connectivity index (χ1v) is 12.4.